The zero-order valence-electron chi connectivity index (χ0n) is 32.3. The number of nitrogens with zero attached hydrogens (tertiary/aromatic N) is 6. The molecule has 0 radical (unpaired) electrons. The summed E-state index contributed by atoms with van der Waals surface area (Å²) in [6.45, 7) is 0.862. The molecule has 316 valence electrons. The topological polar surface area (TPSA) is 148 Å². The predicted molar refractivity (Wildman–Crippen MR) is 218 cm³/mol. The van der Waals surface area contributed by atoms with E-state index >= 15 is 4.39 Å². The number of carboxylic acid groups (broad SMARTS) is 1. The number of piperazine rings is 1. The highest BCUT2D eigenvalue weighted by atomic mass is 35.5. The summed E-state index contributed by atoms with van der Waals surface area (Å²) in [6.07, 6.45) is -1.35. The number of hydrogen-bond acceptors (Lipinski definition) is 10. The molecule has 6 aromatic rings. The smallest absolute Gasteiger partial charge is 0.416 e. The Balaban J connectivity index is 1.26. The average molecular weight is 879 g/mol. The summed E-state index contributed by atoms with van der Waals surface area (Å²) >= 11 is 6.69. The molecule has 0 aliphatic carbocycles. The van der Waals surface area contributed by atoms with Gasteiger partial charge in [-0.3, -0.25) is 0 Å². The van der Waals surface area contributed by atoms with Gasteiger partial charge in [0.15, 0.2) is 0 Å². The molecule has 4 aromatic carbocycles. The number of amides is 1. The van der Waals surface area contributed by atoms with Gasteiger partial charge >= 0.3 is 12.3 Å². The number of halogens is 5. The van der Waals surface area contributed by atoms with E-state index in [0.717, 1.165) is 28.6 Å². The second-order valence-corrected chi connectivity index (χ2v) is 15.7. The van der Waals surface area contributed by atoms with Crippen LogP contribution >= 0.6 is 11.6 Å². The Bertz CT molecular complexity index is 2670. The fraction of sp³-hybridized carbons (Fsp3) is 0.190. The maximum atomic E-state index is 16.3. The molecular formula is C42H35ClF4N6O7S. The molecule has 1 fully saturated rings. The molecule has 0 atom stereocenters. The molecular weight excluding hydrogens is 844 g/mol. The van der Waals surface area contributed by atoms with Gasteiger partial charge in [-0.15, -0.1) is 0 Å². The maximum absolute atomic E-state index is 16.3. The molecule has 7 rings (SSSR count). The van der Waals surface area contributed by atoms with Gasteiger partial charge in [0.2, 0.25) is 5.95 Å². The first-order chi connectivity index (χ1) is 29.2. The van der Waals surface area contributed by atoms with Gasteiger partial charge < -0.3 is 29.1 Å². The van der Waals surface area contributed by atoms with Crippen LogP contribution in [0.2, 0.25) is 5.02 Å². The number of aromatic nitrogens is 3. The van der Waals surface area contributed by atoms with E-state index in [1.807, 2.05) is 4.90 Å². The van der Waals surface area contributed by atoms with Crippen molar-refractivity contribution >= 4 is 39.5 Å². The summed E-state index contributed by atoms with van der Waals surface area (Å²) in [5.74, 6) is -0.319. The van der Waals surface area contributed by atoms with Gasteiger partial charge in [-0.05, 0) is 77.4 Å². The largest absolute Gasteiger partial charge is 0.497 e. The first kappa shape index (κ1) is 42.5. The Morgan fingerprint density at radius 3 is 2.16 bits per heavy atom. The SMILES string of the molecule is COc1ccc(CN(c2ncccn2)S(=O)(=O)c2cc(Cl)c(Oc3ccc(-c4ccc(C(F)(F)F)cc4)cc3-c3ccnc(N4CCN(C(=O)O)CC4)c3)cc2F)c(OC)c1. The Hall–Kier alpha value is -6.66. The van der Waals surface area contributed by atoms with Gasteiger partial charge in [-0.2, -0.15) is 13.2 Å². The van der Waals surface area contributed by atoms with Crippen LogP contribution in [0.1, 0.15) is 11.1 Å². The summed E-state index contributed by atoms with van der Waals surface area (Å²) < 4.78 is 103. The molecule has 0 unspecified atom stereocenters. The number of anilines is 2. The lowest BCUT2D eigenvalue weighted by Crippen LogP contribution is -2.48. The fourth-order valence-corrected chi connectivity index (χ4v) is 8.30. The summed E-state index contributed by atoms with van der Waals surface area (Å²) in [5.41, 5.74) is 1.48. The molecule has 13 nitrogen and oxygen atoms in total. The number of alkyl halides is 3. The monoisotopic (exact) mass is 878 g/mol. The highest BCUT2D eigenvalue weighted by molar-refractivity contribution is 7.92. The van der Waals surface area contributed by atoms with Crippen molar-refractivity contribution in [3.63, 3.8) is 0 Å². The molecule has 0 saturated carbocycles. The zero-order chi connectivity index (χ0) is 43.5. The van der Waals surface area contributed by atoms with E-state index in [-0.39, 0.29) is 42.1 Å². The molecule has 1 aliphatic rings. The van der Waals surface area contributed by atoms with E-state index in [1.54, 1.807) is 48.7 Å². The first-order valence-corrected chi connectivity index (χ1v) is 20.2. The third-order valence-electron chi connectivity index (χ3n) is 9.81. The van der Waals surface area contributed by atoms with Crippen molar-refractivity contribution in [1.29, 1.82) is 0 Å². The van der Waals surface area contributed by atoms with E-state index in [2.05, 4.69) is 15.0 Å². The minimum absolute atomic E-state index is 0.131. The molecule has 2 aromatic heterocycles. The van der Waals surface area contributed by atoms with Crippen molar-refractivity contribution in [2.24, 2.45) is 0 Å². The molecule has 0 bridgehead atoms. The van der Waals surface area contributed by atoms with Crippen molar-refractivity contribution in [2.75, 3.05) is 49.6 Å². The van der Waals surface area contributed by atoms with Gasteiger partial charge in [0, 0.05) is 68.0 Å². The number of sulfonamides is 1. The number of hydrogen-bond donors (Lipinski definition) is 1. The van der Waals surface area contributed by atoms with Crippen LogP contribution in [0.3, 0.4) is 0 Å². The molecule has 1 saturated heterocycles. The average Bonchev–Trinajstić information content (AvgIpc) is 3.26. The van der Waals surface area contributed by atoms with Crippen LogP contribution in [0, 0.1) is 5.82 Å². The molecule has 0 spiro atoms. The van der Waals surface area contributed by atoms with Crippen LogP contribution in [-0.4, -0.2) is 79.9 Å². The van der Waals surface area contributed by atoms with Crippen LogP contribution in [-0.2, 0) is 22.7 Å². The Kier molecular flexibility index (Phi) is 12.2. The van der Waals surface area contributed by atoms with Crippen molar-refractivity contribution in [3.05, 3.63) is 132 Å². The third kappa shape index (κ3) is 9.24. The highest BCUT2D eigenvalue weighted by Gasteiger charge is 2.33. The minimum Gasteiger partial charge on any atom is -0.497 e. The molecule has 3 heterocycles. The summed E-state index contributed by atoms with van der Waals surface area (Å²) in [7, 11) is -1.90. The van der Waals surface area contributed by atoms with Gasteiger partial charge in [-0.25, -0.2) is 36.9 Å². The maximum Gasteiger partial charge on any atom is 0.416 e. The van der Waals surface area contributed by atoms with E-state index in [0.29, 0.717) is 58.2 Å². The van der Waals surface area contributed by atoms with E-state index in [1.165, 1.54) is 55.8 Å². The number of methoxy groups -OCH3 is 2. The van der Waals surface area contributed by atoms with Crippen molar-refractivity contribution in [2.45, 2.75) is 17.6 Å². The molecule has 61 heavy (non-hydrogen) atoms. The molecule has 19 heteroatoms. The van der Waals surface area contributed by atoms with Gasteiger partial charge in [-0.1, -0.05) is 29.8 Å². The highest BCUT2D eigenvalue weighted by Crippen LogP contribution is 2.42. The van der Waals surface area contributed by atoms with E-state index in [9.17, 15) is 31.5 Å². The van der Waals surface area contributed by atoms with Gasteiger partial charge in [0.05, 0.1) is 31.4 Å². The fourth-order valence-electron chi connectivity index (χ4n) is 6.61. The van der Waals surface area contributed by atoms with Crippen LogP contribution < -0.4 is 23.4 Å². The standard InChI is InChI=1S/C42H35ClF4N6O7S/c1-58-31-10-6-29(36(22-31)59-2)25-53(40-49-13-3-14-50-40)61(56,57)38-23-33(43)37(24-34(38)44)60-35-11-7-27(26-4-8-30(9-5-26)42(45,46)47)20-32(35)28-12-15-48-39(21-28)51-16-18-52(19-17-51)41(54)55/h3-15,20-24H,16-19,25H2,1-2H3,(H,54,55). The van der Waals surface area contributed by atoms with Crippen molar-refractivity contribution < 1.29 is 50.1 Å². The zero-order valence-corrected chi connectivity index (χ0v) is 33.9. The number of benzene rings is 4. The number of ether oxygens (including phenoxy) is 3. The minimum atomic E-state index is -4.77. The lowest BCUT2D eigenvalue weighted by atomic mass is 9.97. The number of carbonyl (C=O) groups is 1. The quantitative estimate of drug-likeness (QED) is 0.118. The Morgan fingerprint density at radius 1 is 0.803 bits per heavy atom. The summed E-state index contributed by atoms with van der Waals surface area (Å²) in [4.78, 5) is 26.6. The normalized spacial score (nSPS) is 13.2. The Labute approximate surface area is 352 Å². The molecule has 1 aliphatic heterocycles. The van der Waals surface area contributed by atoms with Crippen molar-refractivity contribution in [3.8, 4) is 45.3 Å². The van der Waals surface area contributed by atoms with Gasteiger partial charge in [0.1, 0.15) is 39.5 Å². The first-order valence-electron chi connectivity index (χ1n) is 18.3. The van der Waals surface area contributed by atoms with Gasteiger partial charge in [0.25, 0.3) is 10.0 Å². The number of pyridine rings is 1. The van der Waals surface area contributed by atoms with Crippen LogP contribution in [0.25, 0.3) is 22.3 Å². The predicted octanol–water partition coefficient (Wildman–Crippen LogP) is 9.02. The molecule has 1 N–H and O–H groups in total. The van der Waals surface area contributed by atoms with Crippen LogP contribution in [0.15, 0.2) is 114 Å². The van der Waals surface area contributed by atoms with E-state index in [4.69, 9.17) is 25.8 Å². The van der Waals surface area contributed by atoms with Crippen LogP contribution in [0.4, 0.5) is 34.1 Å². The second-order valence-electron chi connectivity index (χ2n) is 13.5. The molecule has 1 amide bonds. The lowest BCUT2D eigenvalue weighted by molar-refractivity contribution is -0.137. The van der Waals surface area contributed by atoms with Crippen molar-refractivity contribution in [1.82, 2.24) is 19.9 Å². The lowest BCUT2D eigenvalue weighted by Gasteiger charge is -2.34. The van der Waals surface area contributed by atoms with E-state index < -0.39 is 38.6 Å². The second kappa shape index (κ2) is 17.5. The van der Waals surface area contributed by atoms with Crippen LogP contribution in [0.5, 0.6) is 23.0 Å². The summed E-state index contributed by atoms with van der Waals surface area (Å²) in [5, 5.41) is 9.13. The Morgan fingerprint density at radius 2 is 1.51 bits per heavy atom. The third-order valence-corrected chi connectivity index (χ3v) is 11.9. The summed E-state index contributed by atoms with van der Waals surface area (Å²) in [6, 6.07) is 20.8. The number of rotatable bonds is 12.